The Labute approximate surface area is 94.5 Å². The highest BCUT2D eigenvalue weighted by Gasteiger charge is 2.24. The number of nitrogens with two attached hydrogens (primary N) is 1. The van der Waals surface area contributed by atoms with Gasteiger partial charge in [-0.2, -0.15) is 4.98 Å². The zero-order valence-electron chi connectivity index (χ0n) is 9.13. The van der Waals surface area contributed by atoms with E-state index in [4.69, 9.17) is 10.8 Å². The monoisotopic (exact) mass is 223 g/mol. The number of aliphatic hydroxyl groups is 1. The molecule has 1 aromatic rings. The summed E-state index contributed by atoms with van der Waals surface area (Å²) in [7, 11) is 0. The quantitative estimate of drug-likeness (QED) is 0.579. The van der Waals surface area contributed by atoms with Crippen LogP contribution in [-0.2, 0) is 0 Å². The highest BCUT2D eigenvalue weighted by atomic mass is 16.3. The molecule has 16 heavy (non-hydrogen) atoms. The summed E-state index contributed by atoms with van der Waals surface area (Å²) < 4.78 is 0. The van der Waals surface area contributed by atoms with Crippen molar-refractivity contribution in [1.82, 2.24) is 9.97 Å². The molecule has 0 saturated carbocycles. The Kier molecular flexibility index (Phi) is 3.53. The first-order chi connectivity index (χ1) is 7.79. The summed E-state index contributed by atoms with van der Waals surface area (Å²) in [5.41, 5.74) is 5.71. The number of nitrogens with one attached hydrogen (secondary N) is 1. The summed E-state index contributed by atoms with van der Waals surface area (Å²) in [5, 5.41) is 11.7. The predicted molar refractivity (Wildman–Crippen MR) is 62.4 cm³/mol. The lowest BCUT2D eigenvalue weighted by Crippen LogP contribution is -2.56. The van der Waals surface area contributed by atoms with Gasteiger partial charge in [-0.1, -0.05) is 0 Å². The molecule has 1 aliphatic heterocycles. The summed E-state index contributed by atoms with van der Waals surface area (Å²) in [6, 6.07) is 2.14. The minimum Gasteiger partial charge on any atom is -0.396 e. The molecule has 1 fully saturated rings. The van der Waals surface area contributed by atoms with E-state index in [2.05, 4.69) is 20.2 Å². The standard InChI is InChI=1S/C10H17N5O/c11-8-6-15(7-8)9-2-4-13-10(14-9)12-3-1-5-16/h2,4,8,16H,1,3,5-7,11H2,(H,12,13,14). The van der Waals surface area contributed by atoms with E-state index in [0.717, 1.165) is 18.9 Å². The Morgan fingerprint density at radius 3 is 3.06 bits per heavy atom. The summed E-state index contributed by atoms with van der Waals surface area (Å²) in [4.78, 5) is 10.6. The van der Waals surface area contributed by atoms with Crippen LogP contribution in [0.5, 0.6) is 0 Å². The van der Waals surface area contributed by atoms with Gasteiger partial charge < -0.3 is 21.1 Å². The molecule has 6 heteroatoms. The van der Waals surface area contributed by atoms with Crippen molar-refractivity contribution in [3.8, 4) is 0 Å². The van der Waals surface area contributed by atoms with Crippen LogP contribution in [0.15, 0.2) is 12.3 Å². The highest BCUT2D eigenvalue weighted by Crippen LogP contribution is 2.17. The summed E-state index contributed by atoms with van der Waals surface area (Å²) in [6.45, 7) is 2.56. The molecule has 0 unspecified atom stereocenters. The molecule has 1 aliphatic rings. The van der Waals surface area contributed by atoms with Crippen molar-refractivity contribution in [2.75, 3.05) is 36.5 Å². The molecule has 0 aliphatic carbocycles. The zero-order chi connectivity index (χ0) is 11.4. The van der Waals surface area contributed by atoms with Gasteiger partial charge in [-0.25, -0.2) is 4.98 Å². The van der Waals surface area contributed by atoms with Gasteiger partial charge in [0, 0.05) is 38.5 Å². The van der Waals surface area contributed by atoms with Gasteiger partial charge in [0.2, 0.25) is 5.95 Å². The molecule has 6 nitrogen and oxygen atoms in total. The minimum atomic E-state index is 0.174. The Balaban J connectivity index is 1.91. The van der Waals surface area contributed by atoms with Crippen molar-refractivity contribution < 1.29 is 5.11 Å². The Bertz CT molecular complexity index is 340. The lowest BCUT2D eigenvalue weighted by Gasteiger charge is -2.37. The van der Waals surface area contributed by atoms with E-state index in [-0.39, 0.29) is 12.6 Å². The van der Waals surface area contributed by atoms with Gasteiger partial charge in [-0.3, -0.25) is 0 Å². The zero-order valence-corrected chi connectivity index (χ0v) is 9.13. The smallest absolute Gasteiger partial charge is 0.224 e. The van der Waals surface area contributed by atoms with Crippen LogP contribution in [0.3, 0.4) is 0 Å². The molecule has 2 rings (SSSR count). The number of nitrogens with zero attached hydrogens (tertiary/aromatic N) is 3. The van der Waals surface area contributed by atoms with Crippen LogP contribution in [0.2, 0.25) is 0 Å². The second-order valence-electron chi connectivity index (χ2n) is 3.91. The van der Waals surface area contributed by atoms with Crippen LogP contribution >= 0.6 is 0 Å². The predicted octanol–water partition coefficient (Wildman–Crippen LogP) is -0.582. The minimum absolute atomic E-state index is 0.174. The van der Waals surface area contributed by atoms with Gasteiger partial charge in [0.25, 0.3) is 0 Å². The maximum atomic E-state index is 8.66. The third-order valence-corrected chi connectivity index (χ3v) is 2.49. The summed E-state index contributed by atoms with van der Waals surface area (Å²) >= 11 is 0. The Morgan fingerprint density at radius 2 is 2.38 bits per heavy atom. The molecule has 0 bridgehead atoms. The highest BCUT2D eigenvalue weighted by molar-refractivity contribution is 5.45. The summed E-state index contributed by atoms with van der Waals surface area (Å²) in [6.07, 6.45) is 2.43. The van der Waals surface area contributed by atoms with Crippen LogP contribution in [-0.4, -0.2) is 47.4 Å². The number of hydrogen-bond donors (Lipinski definition) is 3. The van der Waals surface area contributed by atoms with Crippen molar-refractivity contribution in [2.45, 2.75) is 12.5 Å². The topological polar surface area (TPSA) is 87.3 Å². The number of aromatic nitrogens is 2. The van der Waals surface area contributed by atoms with E-state index in [1.54, 1.807) is 6.20 Å². The number of hydrogen-bond acceptors (Lipinski definition) is 6. The molecule has 0 aromatic carbocycles. The molecule has 2 heterocycles. The van der Waals surface area contributed by atoms with E-state index >= 15 is 0 Å². The van der Waals surface area contributed by atoms with Gasteiger partial charge in [-0.15, -0.1) is 0 Å². The third-order valence-electron chi connectivity index (χ3n) is 2.49. The lowest BCUT2D eigenvalue weighted by molar-refractivity contribution is 0.292. The Hall–Kier alpha value is -1.40. The molecule has 0 radical (unpaired) electrons. The van der Waals surface area contributed by atoms with E-state index in [1.807, 2.05) is 6.07 Å². The van der Waals surface area contributed by atoms with Crippen LogP contribution in [0, 0.1) is 0 Å². The first-order valence-corrected chi connectivity index (χ1v) is 5.48. The first kappa shape index (κ1) is 11.1. The SMILES string of the molecule is NC1CN(c2ccnc(NCCCO)n2)C1. The van der Waals surface area contributed by atoms with Crippen molar-refractivity contribution in [2.24, 2.45) is 5.73 Å². The molecule has 0 atom stereocenters. The van der Waals surface area contributed by atoms with Gasteiger partial charge in [0.1, 0.15) is 5.82 Å². The lowest BCUT2D eigenvalue weighted by atomic mass is 10.1. The van der Waals surface area contributed by atoms with E-state index < -0.39 is 0 Å². The molecule has 1 aromatic heterocycles. The van der Waals surface area contributed by atoms with E-state index in [0.29, 0.717) is 18.9 Å². The molecular weight excluding hydrogens is 206 g/mol. The van der Waals surface area contributed by atoms with Crippen molar-refractivity contribution >= 4 is 11.8 Å². The second-order valence-corrected chi connectivity index (χ2v) is 3.91. The number of aliphatic hydroxyl groups excluding tert-OH is 1. The maximum Gasteiger partial charge on any atom is 0.224 e. The van der Waals surface area contributed by atoms with Crippen LogP contribution < -0.4 is 16.0 Å². The normalized spacial score (nSPS) is 16.0. The number of rotatable bonds is 5. The third kappa shape index (κ3) is 2.59. The fourth-order valence-electron chi connectivity index (χ4n) is 1.59. The van der Waals surface area contributed by atoms with E-state index in [1.165, 1.54) is 0 Å². The largest absolute Gasteiger partial charge is 0.396 e. The van der Waals surface area contributed by atoms with Gasteiger partial charge >= 0.3 is 0 Å². The van der Waals surface area contributed by atoms with Crippen LogP contribution in [0.1, 0.15) is 6.42 Å². The van der Waals surface area contributed by atoms with Crippen molar-refractivity contribution in [1.29, 1.82) is 0 Å². The molecule has 1 saturated heterocycles. The van der Waals surface area contributed by atoms with Crippen molar-refractivity contribution in [3.05, 3.63) is 12.3 Å². The van der Waals surface area contributed by atoms with Crippen LogP contribution in [0.4, 0.5) is 11.8 Å². The molecule has 88 valence electrons. The molecule has 4 N–H and O–H groups in total. The summed E-state index contributed by atoms with van der Waals surface area (Å²) in [5.74, 6) is 1.51. The fourth-order valence-corrected chi connectivity index (χ4v) is 1.59. The molecule has 0 amide bonds. The maximum absolute atomic E-state index is 8.66. The fraction of sp³-hybridized carbons (Fsp3) is 0.600. The van der Waals surface area contributed by atoms with E-state index in [9.17, 15) is 0 Å². The second kappa shape index (κ2) is 5.09. The first-order valence-electron chi connectivity index (χ1n) is 5.48. The number of anilines is 2. The average molecular weight is 223 g/mol. The molecular formula is C10H17N5O. The van der Waals surface area contributed by atoms with Crippen molar-refractivity contribution in [3.63, 3.8) is 0 Å². The van der Waals surface area contributed by atoms with Gasteiger partial charge in [0.15, 0.2) is 0 Å². The average Bonchev–Trinajstić information content (AvgIpc) is 2.26. The Morgan fingerprint density at radius 1 is 1.56 bits per heavy atom. The molecule has 0 spiro atoms. The van der Waals surface area contributed by atoms with Crippen LogP contribution in [0.25, 0.3) is 0 Å². The van der Waals surface area contributed by atoms with Gasteiger partial charge in [0.05, 0.1) is 0 Å². The van der Waals surface area contributed by atoms with Gasteiger partial charge in [-0.05, 0) is 12.5 Å².